The van der Waals surface area contributed by atoms with Crippen molar-refractivity contribution in [3.8, 4) is 11.5 Å². The minimum Gasteiger partial charge on any atom is -0.457 e. The molecule has 1 aliphatic rings. The molecule has 2 aromatic carbocycles. The largest absolute Gasteiger partial charge is 0.457 e. The topological polar surface area (TPSA) is 46.1 Å². The number of benzene rings is 2. The number of aryl methyl sites for hydroxylation is 2. The Balaban J connectivity index is 1.68. The Morgan fingerprint density at radius 3 is 2.46 bits per heavy atom. The summed E-state index contributed by atoms with van der Waals surface area (Å²) in [5.74, 6) is 1.61. The highest BCUT2D eigenvalue weighted by molar-refractivity contribution is 9.13. The van der Waals surface area contributed by atoms with E-state index in [9.17, 15) is 0 Å². The van der Waals surface area contributed by atoms with Crippen LogP contribution in [0.3, 0.4) is 0 Å². The standard InChI is InChI=1S/C21H25Br2N3O2/c1-13-8-21(28-17-5-6-18(22)19(23)9-17)14(2)7-20(13)24-12-25-26-10-15(3)27-16(4)11-26/h5-9,12,15-16H,10-11H2,1-4H3,(H,24,25). The smallest absolute Gasteiger partial charge is 0.130 e. The van der Waals surface area contributed by atoms with Gasteiger partial charge in [-0.2, -0.15) is 0 Å². The molecule has 0 radical (unpaired) electrons. The summed E-state index contributed by atoms with van der Waals surface area (Å²) in [5.41, 5.74) is 6.27. The van der Waals surface area contributed by atoms with Gasteiger partial charge in [0.15, 0.2) is 0 Å². The van der Waals surface area contributed by atoms with Crippen molar-refractivity contribution in [1.29, 1.82) is 0 Å². The van der Waals surface area contributed by atoms with Crippen LogP contribution in [0.5, 0.6) is 11.5 Å². The van der Waals surface area contributed by atoms with E-state index in [2.05, 4.69) is 61.1 Å². The van der Waals surface area contributed by atoms with Crippen LogP contribution in [0.1, 0.15) is 25.0 Å². The third kappa shape index (κ3) is 5.56. The zero-order valence-electron chi connectivity index (χ0n) is 16.5. The van der Waals surface area contributed by atoms with Crippen LogP contribution in [-0.2, 0) is 4.74 Å². The van der Waals surface area contributed by atoms with E-state index >= 15 is 0 Å². The summed E-state index contributed by atoms with van der Waals surface area (Å²) in [6.45, 7) is 9.90. The minimum atomic E-state index is 0.212. The van der Waals surface area contributed by atoms with Gasteiger partial charge in [0.1, 0.15) is 17.8 Å². The number of aliphatic imine (C=N–C) groups is 1. The van der Waals surface area contributed by atoms with Crippen LogP contribution in [0.2, 0.25) is 0 Å². The van der Waals surface area contributed by atoms with Gasteiger partial charge in [-0.15, -0.1) is 0 Å². The molecule has 1 aliphatic heterocycles. The Morgan fingerprint density at radius 1 is 1.07 bits per heavy atom. The van der Waals surface area contributed by atoms with Gasteiger partial charge in [-0.25, -0.2) is 10.0 Å². The lowest BCUT2D eigenvalue weighted by Gasteiger charge is -2.34. The number of nitrogens with zero attached hydrogens (tertiary/aromatic N) is 2. The lowest BCUT2D eigenvalue weighted by molar-refractivity contribution is -0.0760. The second-order valence-corrected chi connectivity index (χ2v) is 8.84. The average molecular weight is 511 g/mol. The molecule has 0 spiro atoms. The van der Waals surface area contributed by atoms with Gasteiger partial charge in [0.05, 0.1) is 17.9 Å². The molecule has 0 bridgehead atoms. The second-order valence-electron chi connectivity index (χ2n) is 7.13. The molecule has 1 fully saturated rings. The Labute approximate surface area is 183 Å². The second kappa shape index (κ2) is 9.39. The summed E-state index contributed by atoms with van der Waals surface area (Å²) in [7, 11) is 0. The number of hydrogen-bond donors (Lipinski definition) is 1. The Bertz CT molecular complexity index is 863. The number of hydrogen-bond acceptors (Lipinski definition) is 4. The summed E-state index contributed by atoms with van der Waals surface area (Å²) in [4.78, 5) is 4.60. The normalized spacial score (nSPS) is 20.5. The molecule has 7 heteroatoms. The average Bonchev–Trinajstić information content (AvgIpc) is 2.61. The van der Waals surface area contributed by atoms with Gasteiger partial charge in [-0.1, -0.05) is 0 Å². The number of rotatable bonds is 5. The van der Waals surface area contributed by atoms with Gasteiger partial charge in [0.2, 0.25) is 0 Å². The highest BCUT2D eigenvalue weighted by Gasteiger charge is 2.21. The van der Waals surface area contributed by atoms with Crippen molar-refractivity contribution >= 4 is 43.9 Å². The van der Waals surface area contributed by atoms with E-state index in [-0.39, 0.29) is 12.2 Å². The molecule has 0 saturated carbocycles. The van der Waals surface area contributed by atoms with Gasteiger partial charge >= 0.3 is 0 Å². The summed E-state index contributed by atoms with van der Waals surface area (Å²) in [6, 6.07) is 9.90. The maximum Gasteiger partial charge on any atom is 0.130 e. The number of nitrogens with one attached hydrogen (secondary N) is 1. The first-order valence-electron chi connectivity index (χ1n) is 9.25. The quantitative estimate of drug-likeness (QED) is 0.402. The van der Waals surface area contributed by atoms with Gasteiger partial charge < -0.3 is 14.9 Å². The zero-order chi connectivity index (χ0) is 20.3. The SMILES string of the molecule is Cc1cc(Oc2ccc(Br)c(Br)c2)c(C)cc1N=CNN1CC(C)OC(C)C1. The van der Waals surface area contributed by atoms with Crippen molar-refractivity contribution in [1.82, 2.24) is 10.4 Å². The Hall–Kier alpha value is -1.41. The third-order valence-electron chi connectivity index (χ3n) is 4.48. The molecular formula is C21H25Br2N3O2. The molecule has 0 aliphatic carbocycles. The van der Waals surface area contributed by atoms with Crippen molar-refractivity contribution in [3.63, 3.8) is 0 Å². The Morgan fingerprint density at radius 2 is 1.79 bits per heavy atom. The highest BCUT2D eigenvalue weighted by Crippen LogP contribution is 2.34. The van der Waals surface area contributed by atoms with Crippen LogP contribution < -0.4 is 10.2 Å². The molecule has 1 saturated heterocycles. The number of hydrazine groups is 1. The monoisotopic (exact) mass is 509 g/mol. The van der Waals surface area contributed by atoms with E-state index in [1.54, 1.807) is 6.34 Å². The fourth-order valence-corrected chi connectivity index (χ4v) is 3.76. The van der Waals surface area contributed by atoms with E-state index in [1.165, 1.54) is 0 Å². The fraction of sp³-hybridized carbons (Fsp3) is 0.381. The first-order valence-corrected chi connectivity index (χ1v) is 10.8. The van der Waals surface area contributed by atoms with Crippen LogP contribution in [-0.4, -0.2) is 36.6 Å². The predicted octanol–water partition coefficient (Wildman–Crippen LogP) is 5.89. The van der Waals surface area contributed by atoms with E-state index in [1.807, 2.05) is 44.2 Å². The minimum absolute atomic E-state index is 0.212. The van der Waals surface area contributed by atoms with E-state index in [0.29, 0.717) is 0 Å². The first kappa shape index (κ1) is 21.3. The van der Waals surface area contributed by atoms with Crippen LogP contribution in [0.4, 0.5) is 5.69 Å². The van der Waals surface area contributed by atoms with Crippen molar-refractivity contribution in [2.24, 2.45) is 4.99 Å². The number of morpholine rings is 1. The van der Waals surface area contributed by atoms with Gasteiger partial charge in [-0.05, 0) is 101 Å². The van der Waals surface area contributed by atoms with Crippen molar-refractivity contribution in [2.45, 2.75) is 39.9 Å². The summed E-state index contributed by atoms with van der Waals surface area (Å²) >= 11 is 6.98. The van der Waals surface area contributed by atoms with E-state index < -0.39 is 0 Å². The molecule has 0 amide bonds. The predicted molar refractivity (Wildman–Crippen MR) is 121 cm³/mol. The van der Waals surface area contributed by atoms with Gasteiger partial charge in [-0.3, -0.25) is 0 Å². The van der Waals surface area contributed by atoms with Crippen molar-refractivity contribution in [2.75, 3.05) is 13.1 Å². The lowest BCUT2D eigenvalue weighted by Crippen LogP contribution is -2.51. The van der Waals surface area contributed by atoms with Crippen LogP contribution >= 0.6 is 31.9 Å². The fourth-order valence-electron chi connectivity index (χ4n) is 3.15. The van der Waals surface area contributed by atoms with Crippen LogP contribution in [0.25, 0.3) is 0 Å². The molecule has 2 unspecified atom stereocenters. The number of halogens is 2. The molecule has 2 aromatic rings. The van der Waals surface area contributed by atoms with Crippen molar-refractivity contribution < 1.29 is 9.47 Å². The van der Waals surface area contributed by atoms with Gasteiger partial charge in [0.25, 0.3) is 0 Å². The highest BCUT2D eigenvalue weighted by atomic mass is 79.9. The maximum atomic E-state index is 6.06. The third-order valence-corrected chi connectivity index (χ3v) is 6.36. The van der Waals surface area contributed by atoms with E-state index in [0.717, 1.165) is 50.3 Å². The van der Waals surface area contributed by atoms with Crippen LogP contribution in [0.15, 0.2) is 44.3 Å². The Kier molecular flexibility index (Phi) is 7.15. The molecule has 2 atom stereocenters. The molecule has 0 aromatic heterocycles. The number of ether oxygens (including phenoxy) is 2. The summed E-state index contributed by atoms with van der Waals surface area (Å²) in [5, 5.41) is 2.13. The molecule has 150 valence electrons. The first-order chi connectivity index (χ1) is 13.3. The summed E-state index contributed by atoms with van der Waals surface area (Å²) < 4.78 is 13.8. The molecule has 28 heavy (non-hydrogen) atoms. The molecule has 3 rings (SSSR count). The molecule has 1 N–H and O–H groups in total. The molecule has 5 nitrogen and oxygen atoms in total. The summed E-state index contributed by atoms with van der Waals surface area (Å²) in [6.07, 6.45) is 2.17. The van der Waals surface area contributed by atoms with E-state index in [4.69, 9.17) is 9.47 Å². The molecule has 1 heterocycles. The lowest BCUT2D eigenvalue weighted by atomic mass is 10.1. The van der Waals surface area contributed by atoms with Crippen molar-refractivity contribution in [3.05, 3.63) is 50.4 Å². The van der Waals surface area contributed by atoms with Crippen LogP contribution in [0, 0.1) is 13.8 Å². The zero-order valence-corrected chi connectivity index (χ0v) is 19.7. The molecular weight excluding hydrogens is 486 g/mol. The maximum absolute atomic E-state index is 6.06. The van der Waals surface area contributed by atoms with Gasteiger partial charge in [0, 0.05) is 22.0 Å².